The van der Waals surface area contributed by atoms with Crippen molar-refractivity contribution in [2.24, 2.45) is 18.8 Å². The van der Waals surface area contributed by atoms with Gasteiger partial charge in [-0.1, -0.05) is 6.92 Å². The Labute approximate surface area is 152 Å². The number of nitrogens with two attached hydrogens (primary N) is 1. The standard InChI is InChI=1S/C20H26N4O2/c1-12(7-14(3)23-21)11-26-15-5-6-16-17-8-13(2)22-10-19(17)24(4)20(25)18(16)9-15/h5-6,8-10,12,14,23H,7,11,21H2,1-4H3. The normalized spacial score (nSPS) is 13.9. The van der Waals surface area contributed by atoms with E-state index in [-0.39, 0.29) is 11.6 Å². The minimum absolute atomic E-state index is 0.0439. The van der Waals surface area contributed by atoms with Gasteiger partial charge in [-0.25, -0.2) is 0 Å². The highest BCUT2D eigenvalue weighted by Crippen LogP contribution is 2.26. The molecule has 2 atom stereocenters. The molecule has 6 heteroatoms. The highest BCUT2D eigenvalue weighted by Gasteiger charge is 2.12. The summed E-state index contributed by atoms with van der Waals surface area (Å²) in [5.41, 5.74) is 4.46. The van der Waals surface area contributed by atoms with Crippen molar-refractivity contribution < 1.29 is 4.74 Å². The molecule has 0 bridgehead atoms. The van der Waals surface area contributed by atoms with Crippen LogP contribution in [0.4, 0.5) is 0 Å². The molecule has 0 amide bonds. The first-order chi connectivity index (χ1) is 12.4. The molecular weight excluding hydrogens is 328 g/mol. The van der Waals surface area contributed by atoms with Crippen LogP contribution in [0.15, 0.2) is 35.3 Å². The molecule has 2 heterocycles. The lowest BCUT2D eigenvalue weighted by Gasteiger charge is -2.17. The van der Waals surface area contributed by atoms with Crippen molar-refractivity contribution >= 4 is 21.7 Å². The summed E-state index contributed by atoms with van der Waals surface area (Å²) in [5.74, 6) is 6.50. The zero-order valence-electron chi connectivity index (χ0n) is 15.7. The Kier molecular flexibility index (Phi) is 5.25. The second-order valence-corrected chi connectivity index (χ2v) is 7.13. The average Bonchev–Trinajstić information content (AvgIpc) is 2.64. The van der Waals surface area contributed by atoms with Crippen LogP contribution in [0, 0.1) is 12.8 Å². The molecule has 3 rings (SSSR count). The third kappa shape index (κ3) is 3.57. The molecule has 3 aromatic rings. The van der Waals surface area contributed by atoms with Gasteiger partial charge in [-0.3, -0.25) is 21.0 Å². The summed E-state index contributed by atoms with van der Waals surface area (Å²) in [5, 5.41) is 2.61. The summed E-state index contributed by atoms with van der Waals surface area (Å²) in [6, 6.07) is 7.97. The Balaban J connectivity index is 1.95. The van der Waals surface area contributed by atoms with E-state index < -0.39 is 0 Å². The lowest BCUT2D eigenvalue weighted by atomic mass is 10.0. The van der Waals surface area contributed by atoms with Gasteiger partial charge in [-0.15, -0.1) is 0 Å². The number of aryl methyl sites for hydroxylation is 2. The SMILES string of the molecule is Cc1cc2c3ccc(OCC(C)CC(C)NN)cc3c(=O)n(C)c2cn1. The zero-order chi connectivity index (χ0) is 18.8. The van der Waals surface area contributed by atoms with Crippen molar-refractivity contribution in [2.75, 3.05) is 6.61 Å². The first-order valence-corrected chi connectivity index (χ1v) is 8.88. The zero-order valence-corrected chi connectivity index (χ0v) is 15.7. The third-order valence-electron chi connectivity index (χ3n) is 4.77. The van der Waals surface area contributed by atoms with E-state index in [9.17, 15) is 4.79 Å². The van der Waals surface area contributed by atoms with Crippen molar-refractivity contribution in [1.82, 2.24) is 15.0 Å². The van der Waals surface area contributed by atoms with E-state index in [4.69, 9.17) is 10.6 Å². The number of nitrogens with one attached hydrogen (secondary N) is 1. The summed E-state index contributed by atoms with van der Waals surface area (Å²) in [6.07, 6.45) is 2.67. The number of hydrogen-bond acceptors (Lipinski definition) is 5. The second kappa shape index (κ2) is 7.43. The predicted octanol–water partition coefficient (Wildman–Crippen LogP) is 2.65. The Morgan fingerprint density at radius 3 is 2.73 bits per heavy atom. The molecule has 2 unspecified atom stereocenters. The topological polar surface area (TPSA) is 82.2 Å². The van der Waals surface area contributed by atoms with Crippen molar-refractivity contribution in [3.05, 3.63) is 46.5 Å². The van der Waals surface area contributed by atoms with E-state index in [2.05, 4.69) is 17.3 Å². The summed E-state index contributed by atoms with van der Waals surface area (Å²) >= 11 is 0. The average molecular weight is 354 g/mol. The number of aromatic nitrogens is 2. The largest absolute Gasteiger partial charge is 0.493 e. The van der Waals surface area contributed by atoms with Gasteiger partial charge < -0.3 is 9.30 Å². The van der Waals surface area contributed by atoms with Crippen LogP contribution in [0.25, 0.3) is 21.7 Å². The number of fused-ring (bicyclic) bond motifs is 3. The molecule has 0 aliphatic rings. The van der Waals surface area contributed by atoms with Crippen molar-refractivity contribution in [3.63, 3.8) is 0 Å². The van der Waals surface area contributed by atoms with Gasteiger partial charge >= 0.3 is 0 Å². The Bertz CT molecular complexity index is 996. The third-order valence-corrected chi connectivity index (χ3v) is 4.77. The summed E-state index contributed by atoms with van der Waals surface area (Å²) in [7, 11) is 1.78. The number of pyridine rings is 2. The van der Waals surface area contributed by atoms with Crippen LogP contribution in [0.2, 0.25) is 0 Å². The molecule has 0 aliphatic carbocycles. The monoisotopic (exact) mass is 354 g/mol. The van der Waals surface area contributed by atoms with Crippen LogP contribution < -0.4 is 21.6 Å². The fourth-order valence-electron chi connectivity index (χ4n) is 3.33. The molecule has 3 N–H and O–H groups in total. The van der Waals surface area contributed by atoms with Crippen LogP contribution in [0.3, 0.4) is 0 Å². The van der Waals surface area contributed by atoms with Crippen LogP contribution in [0.1, 0.15) is 26.0 Å². The fourth-order valence-corrected chi connectivity index (χ4v) is 3.33. The summed E-state index contributed by atoms with van der Waals surface area (Å²) < 4.78 is 7.57. The number of ether oxygens (including phenoxy) is 1. The van der Waals surface area contributed by atoms with E-state index in [1.165, 1.54) is 0 Å². The number of rotatable bonds is 6. The van der Waals surface area contributed by atoms with Crippen molar-refractivity contribution in [1.29, 1.82) is 0 Å². The van der Waals surface area contributed by atoms with Crippen LogP contribution in [0.5, 0.6) is 5.75 Å². The van der Waals surface area contributed by atoms with Gasteiger partial charge in [0.15, 0.2) is 0 Å². The number of nitrogens with zero attached hydrogens (tertiary/aromatic N) is 2. The molecule has 2 aromatic heterocycles. The van der Waals surface area contributed by atoms with E-state index in [0.29, 0.717) is 23.7 Å². The number of benzene rings is 1. The Hall–Kier alpha value is -2.44. The van der Waals surface area contributed by atoms with Crippen LogP contribution in [-0.4, -0.2) is 22.2 Å². The van der Waals surface area contributed by atoms with E-state index in [0.717, 1.165) is 28.4 Å². The molecule has 0 saturated carbocycles. The number of hydrogen-bond donors (Lipinski definition) is 2. The van der Waals surface area contributed by atoms with Gasteiger partial charge in [0, 0.05) is 24.2 Å². The van der Waals surface area contributed by atoms with Gasteiger partial charge in [-0.05, 0) is 55.8 Å². The molecular formula is C20H26N4O2. The van der Waals surface area contributed by atoms with Crippen molar-refractivity contribution in [2.45, 2.75) is 33.2 Å². The summed E-state index contributed by atoms with van der Waals surface area (Å²) in [4.78, 5) is 17.1. The molecule has 138 valence electrons. The predicted molar refractivity (Wildman–Crippen MR) is 105 cm³/mol. The lowest BCUT2D eigenvalue weighted by molar-refractivity contribution is 0.241. The van der Waals surface area contributed by atoms with Gasteiger partial charge in [0.25, 0.3) is 5.56 Å². The molecule has 0 aliphatic heterocycles. The molecule has 1 aromatic carbocycles. The van der Waals surface area contributed by atoms with Crippen LogP contribution in [-0.2, 0) is 7.05 Å². The maximum absolute atomic E-state index is 12.8. The number of hydrazine groups is 1. The molecule has 6 nitrogen and oxygen atoms in total. The van der Waals surface area contributed by atoms with Gasteiger partial charge in [0.05, 0.1) is 23.7 Å². The first-order valence-electron chi connectivity index (χ1n) is 8.88. The van der Waals surface area contributed by atoms with E-state index in [1.54, 1.807) is 17.8 Å². The minimum atomic E-state index is -0.0439. The van der Waals surface area contributed by atoms with Gasteiger partial charge in [0.2, 0.25) is 0 Å². The van der Waals surface area contributed by atoms with Crippen LogP contribution >= 0.6 is 0 Å². The highest BCUT2D eigenvalue weighted by molar-refractivity contribution is 6.05. The second-order valence-electron chi connectivity index (χ2n) is 7.13. The highest BCUT2D eigenvalue weighted by atomic mass is 16.5. The molecule has 0 saturated heterocycles. The van der Waals surface area contributed by atoms with Crippen molar-refractivity contribution in [3.8, 4) is 5.75 Å². The van der Waals surface area contributed by atoms with E-state index >= 15 is 0 Å². The quantitative estimate of drug-likeness (QED) is 0.404. The minimum Gasteiger partial charge on any atom is -0.493 e. The Morgan fingerprint density at radius 1 is 1.23 bits per heavy atom. The molecule has 0 spiro atoms. The van der Waals surface area contributed by atoms with E-state index in [1.807, 2.05) is 38.1 Å². The van der Waals surface area contributed by atoms with Gasteiger partial charge in [-0.2, -0.15) is 0 Å². The smallest absolute Gasteiger partial charge is 0.258 e. The summed E-state index contributed by atoms with van der Waals surface area (Å²) in [6.45, 7) is 6.69. The lowest BCUT2D eigenvalue weighted by Crippen LogP contribution is -2.34. The first kappa shape index (κ1) is 18.4. The fraction of sp³-hybridized carbons (Fsp3) is 0.400. The molecule has 0 radical (unpaired) electrons. The van der Waals surface area contributed by atoms with Gasteiger partial charge in [0.1, 0.15) is 5.75 Å². The Morgan fingerprint density at radius 2 is 2.00 bits per heavy atom. The molecule has 0 fully saturated rings. The maximum atomic E-state index is 12.8. The maximum Gasteiger partial charge on any atom is 0.258 e. The molecule has 26 heavy (non-hydrogen) atoms.